The normalized spacial score (nSPS) is 23.2. The summed E-state index contributed by atoms with van der Waals surface area (Å²) in [6.07, 6.45) is 7.53. The highest BCUT2D eigenvalue weighted by Gasteiger charge is 2.35. The molecule has 1 aliphatic heterocycles. The van der Waals surface area contributed by atoms with Crippen LogP contribution in [0.25, 0.3) is 0 Å². The third kappa shape index (κ3) is 2.74. The number of likely N-dealkylation sites (tertiary alicyclic amines) is 1. The molecular weight excluding hydrogens is 250 g/mol. The average Bonchev–Trinajstić information content (AvgIpc) is 3.11. The molecule has 2 aliphatic rings. The lowest BCUT2D eigenvalue weighted by Crippen LogP contribution is -2.41. The van der Waals surface area contributed by atoms with Crippen molar-refractivity contribution in [1.29, 1.82) is 0 Å². The summed E-state index contributed by atoms with van der Waals surface area (Å²) >= 11 is 0. The molecule has 4 nitrogen and oxygen atoms in total. The van der Waals surface area contributed by atoms with Gasteiger partial charge in [0, 0.05) is 24.0 Å². The first-order valence-corrected chi connectivity index (χ1v) is 7.67. The number of hydrogen-bond acceptors (Lipinski definition) is 2. The SMILES string of the molecule is Nc1ccc(NC(=O)N2CCCC2C2CCCC2)cc1. The highest BCUT2D eigenvalue weighted by atomic mass is 16.2. The van der Waals surface area contributed by atoms with Crippen LogP contribution in [0.4, 0.5) is 16.2 Å². The van der Waals surface area contributed by atoms with Gasteiger partial charge in [-0.2, -0.15) is 0 Å². The van der Waals surface area contributed by atoms with Gasteiger partial charge in [-0.1, -0.05) is 12.8 Å². The first-order chi connectivity index (χ1) is 9.74. The fraction of sp³-hybridized carbons (Fsp3) is 0.562. The number of rotatable bonds is 2. The van der Waals surface area contributed by atoms with Gasteiger partial charge in [-0.3, -0.25) is 0 Å². The molecule has 0 bridgehead atoms. The van der Waals surface area contributed by atoms with Gasteiger partial charge in [-0.15, -0.1) is 0 Å². The topological polar surface area (TPSA) is 58.4 Å². The molecule has 1 atom stereocenters. The van der Waals surface area contributed by atoms with Gasteiger partial charge in [-0.05, 0) is 55.9 Å². The molecule has 1 unspecified atom stereocenters. The minimum absolute atomic E-state index is 0.0455. The van der Waals surface area contributed by atoms with Crippen LogP contribution in [-0.4, -0.2) is 23.5 Å². The maximum Gasteiger partial charge on any atom is 0.322 e. The number of nitrogens with one attached hydrogen (secondary N) is 1. The molecule has 0 radical (unpaired) electrons. The van der Waals surface area contributed by atoms with Gasteiger partial charge in [0.25, 0.3) is 0 Å². The van der Waals surface area contributed by atoms with E-state index in [9.17, 15) is 4.79 Å². The van der Waals surface area contributed by atoms with Crippen LogP contribution in [0, 0.1) is 5.92 Å². The number of anilines is 2. The summed E-state index contributed by atoms with van der Waals surface area (Å²) in [6, 6.07) is 7.83. The van der Waals surface area contributed by atoms with Crippen LogP contribution < -0.4 is 11.1 Å². The molecule has 1 aromatic carbocycles. The number of nitrogens with zero attached hydrogens (tertiary/aromatic N) is 1. The molecule has 0 spiro atoms. The molecule has 1 saturated heterocycles. The predicted molar refractivity (Wildman–Crippen MR) is 81.6 cm³/mol. The number of amides is 2. The Morgan fingerprint density at radius 3 is 2.50 bits per heavy atom. The van der Waals surface area contributed by atoms with Gasteiger partial charge in [0.1, 0.15) is 0 Å². The summed E-state index contributed by atoms with van der Waals surface area (Å²) in [6.45, 7) is 0.891. The second-order valence-corrected chi connectivity index (χ2v) is 6.00. The minimum Gasteiger partial charge on any atom is -0.399 e. The van der Waals surface area contributed by atoms with Crippen molar-refractivity contribution in [2.75, 3.05) is 17.6 Å². The third-order valence-corrected chi connectivity index (χ3v) is 4.67. The summed E-state index contributed by atoms with van der Waals surface area (Å²) in [7, 11) is 0. The van der Waals surface area contributed by atoms with Gasteiger partial charge in [0.15, 0.2) is 0 Å². The van der Waals surface area contributed by atoms with Crippen molar-refractivity contribution in [2.45, 2.75) is 44.6 Å². The Hall–Kier alpha value is -1.71. The summed E-state index contributed by atoms with van der Waals surface area (Å²) in [5.41, 5.74) is 7.20. The highest BCUT2D eigenvalue weighted by molar-refractivity contribution is 5.89. The minimum atomic E-state index is 0.0455. The standard InChI is InChI=1S/C16H23N3O/c17-13-7-9-14(10-8-13)18-16(20)19-11-3-6-15(19)12-4-1-2-5-12/h7-10,12,15H,1-6,11,17H2,(H,18,20). The van der Waals surface area contributed by atoms with Crippen molar-refractivity contribution < 1.29 is 4.79 Å². The molecule has 108 valence electrons. The fourth-order valence-electron chi connectivity index (χ4n) is 3.64. The van der Waals surface area contributed by atoms with Crippen LogP contribution in [0.15, 0.2) is 24.3 Å². The van der Waals surface area contributed by atoms with Crippen LogP contribution >= 0.6 is 0 Å². The van der Waals surface area contributed by atoms with E-state index in [-0.39, 0.29) is 6.03 Å². The Balaban J connectivity index is 1.64. The molecule has 1 heterocycles. The summed E-state index contributed by atoms with van der Waals surface area (Å²) in [5, 5.41) is 3.00. The Kier molecular flexibility index (Phi) is 3.81. The quantitative estimate of drug-likeness (QED) is 0.811. The van der Waals surface area contributed by atoms with E-state index in [4.69, 9.17) is 5.73 Å². The molecule has 0 aromatic heterocycles. The molecule has 3 rings (SSSR count). The number of urea groups is 1. The third-order valence-electron chi connectivity index (χ3n) is 4.67. The molecule has 4 heteroatoms. The number of nitrogen functional groups attached to an aromatic ring is 1. The predicted octanol–water partition coefficient (Wildman–Crippen LogP) is 3.46. The largest absolute Gasteiger partial charge is 0.399 e. The second-order valence-electron chi connectivity index (χ2n) is 6.00. The number of carbonyl (C=O) groups is 1. The lowest BCUT2D eigenvalue weighted by molar-refractivity contribution is 0.185. The smallest absolute Gasteiger partial charge is 0.322 e. The van der Waals surface area contributed by atoms with Gasteiger partial charge in [0.2, 0.25) is 0 Å². The van der Waals surface area contributed by atoms with Crippen molar-refractivity contribution >= 4 is 17.4 Å². The molecule has 1 aliphatic carbocycles. The van der Waals surface area contributed by atoms with Crippen LogP contribution in [0.1, 0.15) is 38.5 Å². The zero-order valence-corrected chi connectivity index (χ0v) is 11.8. The van der Waals surface area contributed by atoms with Crippen molar-refractivity contribution in [2.24, 2.45) is 5.92 Å². The lowest BCUT2D eigenvalue weighted by atomic mass is 9.96. The van der Waals surface area contributed by atoms with Crippen molar-refractivity contribution in [3.8, 4) is 0 Å². The van der Waals surface area contributed by atoms with E-state index in [0.717, 1.165) is 24.6 Å². The summed E-state index contributed by atoms with van der Waals surface area (Å²) < 4.78 is 0. The number of nitrogens with two attached hydrogens (primary N) is 1. The highest BCUT2D eigenvalue weighted by Crippen LogP contribution is 2.35. The first kappa shape index (κ1) is 13.3. The van der Waals surface area contributed by atoms with E-state index in [2.05, 4.69) is 5.32 Å². The molecule has 2 fully saturated rings. The second kappa shape index (κ2) is 5.73. The fourth-order valence-corrected chi connectivity index (χ4v) is 3.64. The van der Waals surface area contributed by atoms with Crippen molar-refractivity contribution in [3.05, 3.63) is 24.3 Å². The Bertz CT molecular complexity index is 465. The lowest BCUT2D eigenvalue weighted by Gasteiger charge is -2.29. The number of benzene rings is 1. The van der Waals surface area contributed by atoms with Gasteiger partial charge in [0.05, 0.1) is 0 Å². The van der Waals surface area contributed by atoms with Gasteiger partial charge in [-0.25, -0.2) is 4.79 Å². The van der Waals surface area contributed by atoms with Crippen LogP contribution in [0.5, 0.6) is 0 Å². The van der Waals surface area contributed by atoms with Crippen LogP contribution in [0.2, 0.25) is 0 Å². The summed E-state index contributed by atoms with van der Waals surface area (Å²) in [5.74, 6) is 0.717. The molecule has 20 heavy (non-hydrogen) atoms. The van der Waals surface area contributed by atoms with Gasteiger partial charge >= 0.3 is 6.03 Å². The van der Waals surface area contributed by atoms with E-state index in [1.807, 2.05) is 29.2 Å². The van der Waals surface area contributed by atoms with Crippen LogP contribution in [0.3, 0.4) is 0 Å². The summed E-state index contributed by atoms with van der Waals surface area (Å²) in [4.78, 5) is 14.5. The van der Waals surface area contributed by atoms with E-state index in [1.165, 1.54) is 32.1 Å². The number of hydrogen-bond donors (Lipinski definition) is 2. The Morgan fingerprint density at radius 2 is 1.80 bits per heavy atom. The van der Waals surface area contributed by atoms with Crippen molar-refractivity contribution in [3.63, 3.8) is 0 Å². The Labute approximate surface area is 120 Å². The van der Waals surface area contributed by atoms with Crippen molar-refractivity contribution in [1.82, 2.24) is 4.90 Å². The zero-order valence-electron chi connectivity index (χ0n) is 11.8. The first-order valence-electron chi connectivity index (χ1n) is 7.67. The molecule has 1 saturated carbocycles. The maximum absolute atomic E-state index is 12.5. The number of carbonyl (C=O) groups excluding carboxylic acids is 1. The maximum atomic E-state index is 12.5. The monoisotopic (exact) mass is 273 g/mol. The Morgan fingerprint density at radius 1 is 1.10 bits per heavy atom. The van der Waals surface area contributed by atoms with E-state index in [0.29, 0.717) is 11.7 Å². The zero-order chi connectivity index (χ0) is 13.9. The van der Waals surface area contributed by atoms with E-state index < -0.39 is 0 Å². The average molecular weight is 273 g/mol. The molecule has 1 aromatic rings. The molecular formula is C16H23N3O. The van der Waals surface area contributed by atoms with E-state index >= 15 is 0 Å². The molecule has 3 N–H and O–H groups in total. The van der Waals surface area contributed by atoms with Crippen LogP contribution in [-0.2, 0) is 0 Å². The van der Waals surface area contributed by atoms with E-state index in [1.54, 1.807) is 0 Å². The van der Waals surface area contributed by atoms with Gasteiger partial charge < -0.3 is 16.0 Å². The molecule has 2 amide bonds.